The second-order valence-corrected chi connectivity index (χ2v) is 7.13. The molecule has 2 N–H and O–H groups in total. The predicted molar refractivity (Wildman–Crippen MR) is 104 cm³/mol. The molecule has 1 amide bonds. The molecular formula is C20H16ClF3N4O. The average Bonchev–Trinajstić information content (AvgIpc) is 3.39. The van der Waals surface area contributed by atoms with Crippen LogP contribution in [0.15, 0.2) is 54.6 Å². The van der Waals surface area contributed by atoms with Crippen molar-refractivity contribution in [2.45, 2.75) is 25.1 Å². The first-order valence-corrected chi connectivity index (χ1v) is 9.29. The van der Waals surface area contributed by atoms with Gasteiger partial charge < -0.3 is 10.6 Å². The maximum Gasteiger partial charge on any atom is 0.416 e. The highest BCUT2D eigenvalue weighted by atomic mass is 35.5. The molecule has 0 aliphatic heterocycles. The van der Waals surface area contributed by atoms with Crippen molar-refractivity contribution < 1.29 is 18.0 Å². The SMILES string of the molecule is O=C(NC1CC1)c1cc(Nc2ccc(C(F)(F)F)cc2Cl)n(-c2ccccc2)n1. The molecule has 1 aromatic heterocycles. The number of alkyl halides is 3. The summed E-state index contributed by atoms with van der Waals surface area (Å²) in [6, 6.07) is 13.8. The Labute approximate surface area is 169 Å². The van der Waals surface area contributed by atoms with Crippen molar-refractivity contribution in [1.82, 2.24) is 15.1 Å². The number of hydrogen-bond acceptors (Lipinski definition) is 3. The summed E-state index contributed by atoms with van der Waals surface area (Å²) in [6.45, 7) is 0. The number of benzene rings is 2. The van der Waals surface area contributed by atoms with Crippen LogP contribution < -0.4 is 10.6 Å². The Bertz CT molecular complexity index is 1050. The molecule has 4 rings (SSSR count). The van der Waals surface area contributed by atoms with E-state index in [0.717, 1.165) is 25.0 Å². The van der Waals surface area contributed by atoms with Crippen LogP contribution in [0.25, 0.3) is 5.69 Å². The molecule has 29 heavy (non-hydrogen) atoms. The highest BCUT2D eigenvalue weighted by molar-refractivity contribution is 6.33. The smallest absolute Gasteiger partial charge is 0.348 e. The number of amides is 1. The maximum atomic E-state index is 12.9. The van der Waals surface area contributed by atoms with Gasteiger partial charge in [0, 0.05) is 12.1 Å². The fraction of sp³-hybridized carbons (Fsp3) is 0.200. The maximum absolute atomic E-state index is 12.9. The fourth-order valence-corrected chi connectivity index (χ4v) is 2.99. The van der Waals surface area contributed by atoms with E-state index in [0.29, 0.717) is 11.5 Å². The van der Waals surface area contributed by atoms with Crippen LogP contribution in [-0.4, -0.2) is 21.7 Å². The molecule has 1 aliphatic carbocycles. The second kappa shape index (κ2) is 7.44. The van der Waals surface area contributed by atoms with E-state index in [1.165, 1.54) is 10.7 Å². The second-order valence-electron chi connectivity index (χ2n) is 6.73. The molecule has 3 aromatic rings. The lowest BCUT2D eigenvalue weighted by atomic mass is 10.2. The van der Waals surface area contributed by atoms with Gasteiger partial charge in [-0.1, -0.05) is 29.8 Å². The van der Waals surface area contributed by atoms with Gasteiger partial charge in [0.05, 0.1) is 22.0 Å². The summed E-state index contributed by atoms with van der Waals surface area (Å²) in [7, 11) is 0. The first kappa shape index (κ1) is 19.3. The molecule has 1 fully saturated rings. The van der Waals surface area contributed by atoms with Gasteiger partial charge in [-0.3, -0.25) is 4.79 Å². The number of aromatic nitrogens is 2. The zero-order valence-corrected chi connectivity index (χ0v) is 15.8. The molecule has 0 radical (unpaired) electrons. The number of rotatable bonds is 5. The number of para-hydroxylation sites is 1. The van der Waals surface area contributed by atoms with E-state index in [2.05, 4.69) is 15.7 Å². The van der Waals surface area contributed by atoms with Crippen molar-refractivity contribution in [2.24, 2.45) is 0 Å². The summed E-state index contributed by atoms with van der Waals surface area (Å²) in [5.41, 5.74) is 0.315. The van der Waals surface area contributed by atoms with Crippen LogP contribution in [0.1, 0.15) is 28.9 Å². The van der Waals surface area contributed by atoms with E-state index in [-0.39, 0.29) is 28.4 Å². The van der Waals surface area contributed by atoms with E-state index >= 15 is 0 Å². The van der Waals surface area contributed by atoms with E-state index in [4.69, 9.17) is 11.6 Å². The summed E-state index contributed by atoms with van der Waals surface area (Å²) in [5.74, 6) is 0.0996. The first-order valence-electron chi connectivity index (χ1n) is 8.91. The van der Waals surface area contributed by atoms with Crippen LogP contribution in [0.3, 0.4) is 0 Å². The summed E-state index contributed by atoms with van der Waals surface area (Å²) < 4.78 is 40.1. The van der Waals surface area contributed by atoms with E-state index in [9.17, 15) is 18.0 Å². The van der Waals surface area contributed by atoms with Crippen molar-refractivity contribution >= 4 is 29.0 Å². The Hall–Kier alpha value is -3.00. The van der Waals surface area contributed by atoms with Gasteiger partial charge >= 0.3 is 6.18 Å². The first-order chi connectivity index (χ1) is 13.8. The van der Waals surface area contributed by atoms with Gasteiger partial charge in [0.2, 0.25) is 0 Å². The van der Waals surface area contributed by atoms with Crippen LogP contribution in [-0.2, 0) is 6.18 Å². The topological polar surface area (TPSA) is 59.0 Å². The van der Waals surface area contributed by atoms with Gasteiger partial charge in [0.1, 0.15) is 5.82 Å². The molecule has 0 saturated heterocycles. The normalized spacial score (nSPS) is 13.9. The third-order valence-corrected chi connectivity index (χ3v) is 4.73. The Kier molecular flexibility index (Phi) is 4.96. The molecule has 0 spiro atoms. The van der Waals surface area contributed by atoms with E-state index in [1.807, 2.05) is 18.2 Å². The lowest BCUT2D eigenvalue weighted by molar-refractivity contribution is -0.137. The molecule has 0 atom stereocenters. The summed E-state index contributed by atoms with van der Waals surface area (Å²) in [5, 5.41) is 10.1. The van der Waals surface area contributed by atoms with Gasteiger partial charge in [-0.05, 0) is 43.2 Å². The molecule has 5 nitrogen and oxygen atoms in total. The van der Waals surface area contributed by atoms with Crippen molar-refractivity contribution in [3.05, 3.63) is 70.9 Å². The Morgan fingerprint density at radius 2 is 1.83 bits per heavy atom. The van der Waals surface area contributed by atoms with Crippen molar-refractivity contribution in [2.75, 3.05) is 5.32 Å². The Morgan fingerprint density at radius 1 is 1.10 bits per heavy atom. The van der Waals surface area contributed by atoms with Gasteiger partial charge in [0.15, 0.2) is 5.69 Å². The number of anilines is 2. The highest BCUT2D eigenvalue weighted by Crippen LogP contribution is 2.35. The number of nitrogens with zero attached hydrogens (tertiary/aromatic N) is 2. The minimum Gasteiger partial charge on any atom is -0.348 e. The molecule has 2 aromatic carbocycles. The minimum atomic E-state index is -4.48. The quantitative estimate of drug-likeness (QED) is 0.598. The number of halogens is 4. The van der Waals surface area contributed by atoms with Gasteiger partial charge in [-0.25, -0.2) is 4.68 Å². The number of carbonyl (C=O) groups excluding carboxylic acids is 1. The number of nitrogens with one attached hydrogen (secondary N) is 2. The molecule has 150 valence electrons. The monoisotopic (exact) mass is 420 g/mol. The summed E-state index contributed by atoms with van der Waals surface area (Å²) in [6.07, 6.45) is -2.60. The molecule has 1 aliphatic rings. The molecular weight excluding hydrogens is 405 g/mol. The third kappa shape index (κ3) is 4.37. The lowest BCUT2D eigenvalue weighted by Crippen LogP contribution is -2.25. The van der Waals surface area contributed by atoms with Crippen LogP contribution in [0, 0.1) is 0 Å². The van der Waals surface area contributed by atoms with Gasteiger partial charge in [-0.2, -0.15) is 18.3 Å². The Balaban J connectivity index is 1.68. The fourth-order valence-electron chi connectivity index (χ4n) is 2.76. The van der Waals surface area contributed by atoms with Gasteiger partial charge in [0.25, 0.3) is 5.91 Å². The third-order valence-electron chi connectivity index (χ3n) is 4.41. The Morgan fingerprint density at radius 3 is 2.45 bits per heavy atom. The highest BCUT2D eigenvalue weighted by Gasteiger charge is 2.31. The largest absolute Gasteiger partial charge is 0.416 e. The van der Waals surface area contributed by atoms with Gasteiger partial charge in [-0.15, -0.1) is 0 Å². The molecule has 9 heteroatoms. The van der Waals surface area contributed by atoms with Crippen LogP contribution in [0.5, 0.6) is 0 Å². The molecule has 1 heterocycles. The number of carbonyl (C=O) groups is 1. The van der Waals surface area contributed by atoms with E-state index in [1.54, 1.807) is 18.2 Å². The zero-order chi connectivity index (χ0) is 20.6. The molecule has 0 bridgehead atoms. The van der Waals surface area contributed by atoms with Crippen LogP contribution >= 0.6 is 11.6 Å². The molecule has 0 unspecified atom stereocenters. The summed E-state index contributed by atoms with van der Waals surface area (Å²) in [4.78, 5) is 12.4. The average molecular weight is 421 g/mol. The predicted octanol–water partition coefficient (Wildman–Crippen LogP) is 5.18. The number of hydrogen-bond donors (Lipinski definition) is 2. The lowest BCUT2D eigenvalue weighted by Gasteiger charge is -2.13. The summed E-state index contributed by atoms with van der Waals surface area (Å²) >= 11 is 6.06. The standard InChI is InChI=1S/C20H16ClF3N4O/c21-15-10-12(20(22,23)24)6-9-16(15)26-18-11-17(19(29)25-13-7-8-13)27-28(18)14-4-2-1-3-5-14/h1-6,9-11,13,26H,7-8H2,(H,25,29). The van der Waals surface area contributed by atoms with Crippen LogP contribution in [0.4, 0.5) is 24.7 Å². The van der Waals surface area contributed by atoms with Crippen LogP contribution in [0.2, 0.25) is 5.02 Å². The van der Waals surface area contributed by atoms with Crippen molar-refractivity contribution in [3.63, 3.8) is 0 Å². The van der Waals surface area contributed by atoms with Crippen molar-refractivity contribution in [1.29, 1.82) is 0 Å². The molecule has 1 saturated carbocycles. The van der Waals surface area contributed by atoms with E-state index < -0.39 is 11.7 Å². The zero-order valence-electron chi connectivity index (χ0n) is 15.0. The minimum absolute atomic E-state index is 0.0929. The van der Waals surface area contributed by atoms with Crippen molar-refractivity contribution in [3.8, 4) is 5.69 Å².